The Balaban J connectivity index is 3.60. The molecule has 0 radical (unpaired) electrons. The van der Waals surface area contributed by atoms with E-state index in [1.807, 2.05) is 0 Å². The fourth-order valence-corrected chi connectivity index (χ4v) is 0.117. The average Bonchev–Trinajstić information content (AvgIpc) is 1.35. The van der Waals surface area contributed by atoms with Gasteiger partial charge in [0.05, 0.1) is 0 Å². The summed E-state index contributed by atoms with van der Waals surface area (Å²) in [6, 6.07) is 0. The Bertz CT molecular complexity index is 104. The smallest absolute Gasteiger partial charge is 0.211 e. The number of hydrogen-bond acceptors (Lipinski definition) is 2. The van der Waals surface area contributed by atoms with Gasteiger partial charge < -0.3 is 0 Å². The fourth-order valence-electron chi connectivity index (χ4n) is 0.0390. The minimum Gasteiger partial charge on any atom is -0.211 e. The van der Waals surface area contributed by atoms with Gasteiger partial charge in [-0.05, 0) is 12.2 Å². The zero-order valence-electron chi connectivity index (χ0n) is 2.71. The van der Waals surface area contributed by atoms with Crippen LogP contribution in [0.5, 0.6) is 0 Å². The first kappa shape index (κ1) is 5.82. The first-order valence-electron chi connectivity index (χ1n) is 1.08. The van der Waals surface area contributed by atoms with E-state index in [-0.39, 0.29) is 4.32 Å². The zero-order chi connectivity index (χ0) is 4.99. The number of hydrogen-bond donors (Lipinski definition) is 1. The van der Waals surface area contributed by atoms with E-state index < -0.39 is 0 Å². The lowest BCUT2D eigenvalue weighted by atomic mass is 11.4. The van der Waals surface area contributed by atoms with Crippen LogP contribution in [0.1, 0.15) is 0 Å². The van der Waals surface area contributed by atoms with Crippen LogP contribution in [-0.2, 0) is 4.79 Å². The van der Waals surface area contributed by atoms with E-state index in [0.717, 1.165) is 0 Å². The molecule has 0 aromatic rings. The molecule has 0 spiro atoms. The summed E-state index contributed by atoms with van der Waals surface area (Å²) in [5.41, 5.74) is 0. The molecule has 0 saturated heterocycles. The second-order valence-electron chi connectivity index (χ2n) is 0.486. The Morgan fingerprint density at radius 1 is 2.00 bits per heavy atom. The van der Waals surface area contributed by atoms with Crippen molar-refractivity contribution in [2.75, 3.05) is 0 Å². The highest BCUT2D eigenvalue weighted by Gasteiger charge is 1.70. The molecular formula is C2HNOS2. The van der Waals surface area contributed by atoms with Crippen molar-refractivity contribution >= 4 is 35.2 Å². The predicted molar refractivity (Wildman–Crippen MR) is 29.7 cm³/mol. The van der Waals surface area contributed by atoms with Crippen molar-refractivity contribution < 1.29 is 4.79 Å². The van der Waals surface area contributed by atoms with Crippen LogP contribution < -0.4 is 0 Å². The molecule has 0 aromatic carbocycles. The van der Waals surface area contributed by atoms with Gasteiger partial charge in [-0.15, -0.1) is 17.6 Å². The number of aliphatic imine (C=N–C) groups is 1. The van der Waals surface area contributed by atoms with Gasteiger partial charge in [-0.25, -0.2) is 4.79 Å². The molecule has 4 heteroatoms. The van der Waals surface area contributed by atoms with Gasteiger partial charge in [-0.3, -0.25) is 0 Å². The van der Waals surface area contributed by atoms with Crippen LogP contribution in [0.3, 0.4) is 0 Å². The summed E-state index contributed by atoms with van der Waals surface area (Å²) in [5.74, 6) is 0. The monoisotopic (exact) mass is 119 g/mol. The third-order valence-corrected chi connectivity index (χ3v) is 0.333. The number of isocyanates is 1. The normalized spacial score (nSPS) is 6.17. The van der Waals surface area contributed by atoms with Crippen LogP contribution in [0.2, 0.25) is 0 Å². The van der Waals surface area contributed by atoms with Crippen LogP contribution in [0.4, 0.5) is 0 Å². The highest BCUT2D eigenvalue weighted by atomic mass is 32.1. The van der Waals surface area contributed by atoms with Gasteiger partial charge >= 0.3 is 0 Å². The molecule has 0 saturated carbocycles. The van der Waals surface area contributed by atoms with Crippen molar-refractivity contribution in [2.24, 2.45) is 4.99 Å². The van der Waals surface area contributed by atoms with Crippen LogP contribution in [0, 0.1) is 0 Å². The molecule has 0 aliphatic heterocycles. The molecule has 0 unspecified atom stereocenters. The zero-order valence-corrected chi connectivity index (χ0v) is 4.42. The van der Waals surface area contributed by atoms with Crippen LogP contribution in [0.15, 0.2) is 4.99 Å². The van der Waals surface area contributed by atoms with Gasteiger partial charge in [0, 0.05) is 0 Å². The lowest BCUT2D eigenvalue weighted by Crippen LogP contribution is -1.66. The van der Waals surface area contributed by atoms with Gasteiger partial charge in [0.25, 0.3) is 0 Å². The number of thiocarbonyl (C=S) groups is 1. The minimum absolute atomic E-state index is 0.0185. The summed E-state index contributed by atoms with van der Waals surface area (Å²) >= 11 is 7.71. The largest absolute Gasteiger partial charge is 0.241 e. The van der Waals surface area contributed by atoms with Crippen molar-refractivity contribution in [3.63, 3.8) is 0 Å². The number of carbonyl (C=O) groups excluding carboxylic acids is 1. The summed E-state index contributed by atoms with van der Waals surface area (Å²) in [7, 11) is 0. The molecule has 2 nitrogen and oxygen atoms in total. The van der Waals surface area contributed by atoms with E-state index in [0.29, 0.717) is 0 Å². The van der Waals surface area contributed by atoms with E-state index in [2.05, 4.69) is 29.8 Å². The molecule has 6 heavy (non-hydrogen) atoms. The predicted octanol–water partition coefficient (Wildman–Crippen LogP) is 0.537. The van der Waals surface area contributed by atoms with Crippen molar-refractivity contribution in [1.29, 1.82) is 0 Å². The highest BCUT2D eigenvalue weighted by molar-refractivity contribution is 8.11. The van der Waals surface area contributed by atoms with E-state index in [4.69, 9.17) is 0 Å². The molecule has 32 valence electrons. The number of thiol groups is 1. The SMILES string of the molecule is O=C=NC(=S)S. The molecule has 0 atom stereocenters. The third kappa shape index (κ3) is 3.82. The van der Waals surface area contributed by atoms with Gasteiger partial charge in [0.15, 0.2) is 4.32 Å². The van der Waals surface area contributed by atoms with Gasteiger partial charge in [-0.1, -0.05) is 0 Å². The van der Waals surface area contributed by atoms with E-state index in [1.54, 1.807) is 0 Å². The second kappa shape index (κ2) is 3.03. The van der Waals surface area contributed by atoms with Crippen LogP contribution in [0.25, 0.3) is 0 Å². The molecule has 0 bridgehead atoms. The summed E-state index contributed by atoms with van der Waals surface area (Å²) in [5, 5.41) is 0. The molecular weight excluding hydrogens is 118 g/mol. The molecule has 0 aliphatic carbocycles. The molecule has 0 rings (SSSR count). The maximum absolute atomic E-state index is 9.19. The van der Waals surface area contributed by atoms with Crippen molar-refractivity contribution in [2.45, 2.75) is 0 Å². The first-order chi connectivity index (χ1) is 2.77. The molecule has 0 heterocycles. The maximum atomic E-state index is 9.19. The highest BCUT2D eigenvalue weighted by Crippen LogP contribution is 1.79. The Labute approximate surface area is 45.7 Å². The van der Waals surface area contributed by atoms with Crippen molar-refractivity contribution in [3.8, 4) is 0 Å². The molecule has 0 aromatic heterocycles. The molecule has 0 amide bonds. The summed E-state index contributed by atoms with van der Waals surface area (Å²) < 4.78 is 0.0185. The summed E-state index contributed by atoms with van der Waals surface area (Å²) in [6.07, 6.45) is 1.22. The molecule has 0 N–H and O–H groups in total. The Morgan fingerprint density at radius 2 is 2.50 bits per heavy atom. The third-order valence-electron chi connectivity index (χ3n) is 0.141. The van der Waals surface area contributed by atoms with E-state index in [9.17, 15) is 4.79 Å². The average molecular weight is 119 g/mol. The Morgan fingerprint density at radius 3 is 2.50 bits per heavy atom. The van der Waals surface area contributed by atoms with E-state index >= 15 is 0 Å². The topological polar surface area (TPSA) is 29.4 Å². The van der Waals surface area contributed by atoms with Crippen molar-refractivity contribution in [3.05, 3.63) is 0 Å². The lowest BCUT2D eigenvalue weighted by molar-refractivity contribution is 0.566. The second-order valence-corrected chi connectivity index (χ2v) is 1.60. The fraction of sp³-hybridized carbons (Fsp3) is 0. The Hall–Kier alpha value is -0.180. The lowest BCUT2D eigenvalue weighted by Gasteiger charge is -1.65. The number of nitrogens with zero attached hydrogens (tertiary/aromatic N) is 1. The minimum atomic E-state index is 0.0185. The quantitative estimate of drug-likeness (QED) is 0.218. The van der Waals surface area contributed by atoms with Gasteiger partial charge in [-0.2, -0.15) is 0 Å². The van der Waals surface area contributed by atoms with Gasteiger partial charge in [0.1, 0.15) is 0 Å². The maximum Gasteiger partial charge on any atom is 0.241 e. The van der Waals surface area contributed by atoms with Crippen LogP contribution in [-0.4, -0.2) is 10.4 Å². The molecule has 0 fully saturated rings. The standard InChI is InChI=1S/C2HNOS2/c4-1-3-2(5)6/h(H,5,6). The van der Waals surface area contributed by atoms with Crippen LogP contribution >= 0.6 is 24.8 Å². The van der Waals surface area contributed by atoms with Crippen molar-refractivity contribution in [1.82, 2.24) is 0 Å². The van der Waals surface area contributed by atoms with E-state index in [1.165, 1.54) is 6.08 Å². The summed E-state index contributed by atoms with van der Waals surface area (Å²) in [4.78, 5) is 12.1. The number of rotatable bonds is 0. The van der Waals surface area contributed by atoms with Gasteiger partial charge in [0.2, 0.25) is 6.08 Å². The molecule has 0 aliphatic rings. The summed E-state index contributed by atoms with van der Waals surface area (Å²) in [6.45, 7) is 0. The first-order valence-corrected chi connectivity index (χ1v) is 1.93. The Kier molecular flexibility index (Phi) is 2.94.